The van der Waals surface area contributed by atoms with Crippen LogP contribution in [0.15, 0.2) is 18.2 Å². The Morgan fingerprint density at radius 1 is 1.38 bits per heavy atom. The summed E-state index contributed by atoms with van der Waals surface area (Å²) in [5.74, 6) is -2.10. The molecular formula is C15H18F3NO2. The SMILES string of the molecule is CC1CCCC1C(C(=O)O)c1cc(C(F)(F)F)ccc1N. The molecule has 1 aliphatic rings. The number of aliphatic carboxylic acids is 1. The highest BCUT2D eigenvalue weighted by atomic mass is 19.4. The van der Waals surface area contributed by atoms with Gasteiger partial charge in [-0.15, -0.1) is 0 Å². The Morgan fingerprint density at radius 3 is 2.52 bits per heavy atom. The standard InChI is InChI=1S/C15H18F3NO2/c1-8-3-2-4-10(8)13(14(20)21)11-7-9(15(16,17)18)5-6-12(11)19/h5-8,10,13H,2-4,19H2,1H3,(H,20,21). The minimum absolute atomic E-state index is 0.0797. The first kappa shape index (κ1) is 15.7. The summed E-state index contributed by atoms with van der Waals surface area (Å²) in [6, 6.07) is 2.92. The number of hydrogen-bond donors (Lipinski definition) is 2. The van der Waals surface area contributed by atoms with Crippen LogP contribution in [0.25, 0.3) is 0 Å². The summed E-state index contributed by atoms with van der Waals surface area (Å²) in [6.07, 6.45) is -2.01. The number of hydrogen-bond acceptors (Lipinski definition) is 2. The van der Waals surface area contributed by atoms with Crippen molar-refractivity contribution < 1.29 is 23.1 Å². The van der Waals surface area contributed by atoms with E-state index in [9.17, 15) is 23.1 Å². The van der Waals surface area contributed by atoms with Crippen molar-refractivity contribution in [2.24, 2.45) is 11.8 Å². The molecule has 3 unspecified atom stereocenters. The normalized spacial score (nSPS) is 24.0. The van der Waals surface area contributed by atoms with E-state index in [1.165, 1.54) is 0 Å². The van der Waals surface area contributed by atoms with Crippen LogP contribution in [0.5, 0.6) is 0 Å². The number of benzene rings is 1. The van der Waals surface area contributed by atoms with Crippen LogP contribution in [0, 0.1) is 11.8 Å². The second kappa shape index (κ2) is 5.58. The summed E-state index contributed by atoms with van der Waals surface area (Å²) in [7, 11) is 0. The summed E-state index contributed by atoms with van der Waals surface area (Å²) in [5.41, 5.74) is 5.08. The lowest BCUT2D eigenvalue weighted by atomic mass is 9.79. The number of nitrogens with two attached hydrogens (primary N) is 1. The van der Waals surface area contributed by atoms with Gasteiger partial charge in [0, 0.05) is 5.69 Å². The van der Waals surface area contributed by atoms with E-state index in [0.717, 1.165) is 31.0 Å². The van der Waals surface area contributed by atoms with Gasteiger partial charge in [-0.1, -0.05) is 19.8 Å². The Labute approximate surface area is 121 Å². The number of carbonyl (C=O) groups is 1. The van der Waals surface area contributed by atoms with Gasteiger partial charge in [-0.3, -0.25) is 4.79 Å². The average molecular weight is 301 g/mol. The van der Waals surface area contributed by atoms with E-state index in [1.807, 2.05) is 6.92 Å². The number of halogens is 3. The maximum atomic E-state index is 12.8. The smallest absolute Gasteiger partial charge is 0.416 e. The van der Waals surface area contributed by atoms with Crippen LogP contribution in [0.4, 0.5) is 18.9 Å². The maximum Gasteiger partial charge on any atom is 0.416 e. The predicted molar refractivity (Wildman–Crippen MR) is 72.7 cm³/mol. The lowest BCUT2D eigenvalue weighted by Gasteiger charge is -2.25. The molecule has 0 heterocycles. The highest BCUT2D eigenvalue weighted by molar-refractivity contribution is 5.79. The van der Waals surface area contributed by atoms with Gasteiger partial charge in [0.15, 0.2) is 0 Å². The molecule has 0 aliphatic heterocycles. The Hall–Kier alpha value is -1.72. The Bertz CT molecular complexity index is 542. The minimum atomic E-state index is -4.51. The number of carboxylic acids is 1. The maximum absolute atomic E-state index is 12.8. The first-order chi connectivity index (χ1) is 9.71. The molecule has 1 saturated carbocycles. The summed E-state index contributed by atoms with van der Waals surface area (Å²) in [5, 5.41) is 9.49. The molecule has 0 spiro atoms. The summed E-state index contributed by atoms with van der Waals surface area (Å²) < 4.78 is 38.5. The fourth-order valence-corrected chi connectivity index (χ4v) is 3.24. The highest BCUT2D eigenvalue weighted by Crippen LogP contribution is 2.44. The second-order valence-corrected chi connectivity index (χ2v) is 5.73. The van der Waals surface area contributed by atoms with E-state index in [0.29, 0.717) is 6.42 Å². The minimum Gasteiger partial charge on any atom is -0.481 e. The van der Waals surface area contributed by atoms with Crippen molar-refractivity contribution in [2.45, 2.75) is 38.3 Å². The van der Waals surface area contributed by atoms with Crippen LogP contribution in [-0.2, 0) is 11.0 Å². The van der Waals surface area contributed by atoms with Gasteiger partial charge in [0.1, 0.15) is 0 Å². The summed E-state index contributed by atoms with van der Waals surface area (Å²) >= 11 is 0. The van der Waals surface area contributed by atoms with Gasteiger partial charge in [0.2, 0.25) is 0 Å². The zero-order chi connectivity index (χ0) is 15.8. The Morgan fingerprint density at radius 2 is 2.05 bits per heavy atom. The summed E-state index contributed by atoms with van der Waals surface area (Å²) in [4.78, 5) is 11.6. The number of nitrogen functional groups attached to an aromatic ring is 1. The van der Waals surface area contributed by atoms with Gasteiger partial charge < -0.3 is 10.8 Å². The molecule has 3 N–H and O–H groups in total. The molecule has 3 nitrogen and oxygen atoms in total. The van der Waals surface area contributed by atoms with Gasteiger partial charge >= 0.3 is 12.1 Å². The average Bonchev–Trinajstić information content (AvgIpc) is 2.76. The highest BCUT2D eigenvalue weighted by Gasteiger charge is 2.39. The first-order valence-electron chi connectivity index (χ1n) is 6.91. The van der Waals surface area contributed by atoms with E-state index >= 15 is 0 Å². The third-order valence-corrected chi connectivity index (χ3v) is 4.37. The fourth-order valence-electron chi connectivity index (χ4n) is 3.24. The Kier molecular flexibility index (Phi) is 4.16. The quantitative estimate of drug-likeness (QED) is 0.832. The van der Waals surface area contributed by atoms with Crippen molar-refractivity contribution in [2.75, 3.05) is 5.73 Å². The molecule has 0 saturated heterocycles. The molecule has 2 rings (SSSR count). The topological polar surface area (TPSA) is 63.3 Å². The van der Waals surface area contributed by atoms with E-state index in [2.05, 4.69) is 0 Å². The molecule has 1 aromatic rings. The van der Waals surface area contributed by atoms with Crippen LogP contribution in [0.2, 0.25) is 0 Å². The lowest BCUT2D eigenvalue weighted by molar-refractivity contribution is -0.141. The molecular weight excluding hydrogens is 283 g/mol. The van der Waals surface area contributed by atoms with Crippen molar-refractivity contribution >= 4 is 11.7 Å². The van der Waals surface area contributed by atoms with Gasteiger partial charge in [-0.05, 0) is 42.0 Å². The fraction of sp³-hybridized carbons (Fsp3) is 0.533. The van der Waals surface area contributed by atoms with Crippen LogP contribution in [0.1, 0.15) is 43.2 Å². The third kappa shape index (κ3) is 3.14. The molecule has 6 heteroatoms. The second-order valence-electron chi connectivity index (χ2n) is 5.73. The molecule has 3 atom stereocenters. The number of anilines is 1. The summed E-state index contributed by atoms with van der Waals surface area (Å²) in [6.45, 7) is 1.94. The monoisotopic (exact) mass is 301 g/mol. The molecule has 0 bridgehead atoms. The van der Waals surface area contributed by atoms with E-state index in [1.54, 1.807) is 0 Å². The predicted octanol–water partition coefficient (Wildman–Crippen LogP) is 3.89. The molecule has 1 aliphatic carbocycles. The lowest BCUT2D eigenvalue weighted by Crippen LogP contribution is -2.25. The van der Waals surface area contributed by atoms with Crippen LogP contribution in [-0.4, -0.2) is 11.1 Å². The largest absolute Gasteiger partial charge is 0.481 e. The van der Waals surface area contributed by atoms with Crippen molar-refractivity contribution in [3.63, 3.8) is 0 Å². The van der Waals surface area contributed by atoms with Crippen molar-refractivity contribution in [1.82, 2.24) is 0 Å². The molecule has 0 radical (unpaired) electrons. The molecule has 116 valence electrons. The van der Waals surface area contributed by atoms with Crippen LogP contribution in [0.3, 0.4) is 0 Å². The molecule has 0 aromatic heterocycles. The van der Waals surface area contributed by atoms with E-state index < -0.39 is 23.6 Å². The number of rotatable bonds is 3. The molecule has 1 fully saturated rings. The van der Waals surface area contributed by atoms with Crippen LogP contribution < -0.4 is 5.73 Å². The van der Waals surface area contributed by atoms with Crippen molar-refractivity contribution in [3.8, 4) is 0 Å². The zero-order valence-electron chi connectivity index (χ0n) is 11.7. The van der Waals surface area contributed by atoms with Gasteiger partial charge in [0.05, 0.1) is 11.5 Å². The Balaban J connectivity index is 2.47. The van der Waals surface area contributed by atoms with Crippen molar-refractivity contribution in [3.05, 3.63) is 29.3 Å². The molecule has 21 heavy (non-hydrogen) atoms. The van der Waals surface area contributed by atoms with E-state index in [4.69, 9.17) is 5.73 Å². The number of alkyl halides is 3. The first-order valence-corrected chi connectivity index (χ1v) is 6.91. The van der Waals surface area contributed by atoms with E-state index in [-0.39, 0.29) is 23.1 Å². The number of carboxylic acid groups (broad SMARTS) is 1. The molecule has 0 amide bonds. The zero-order valence-corrected chi connectivity index (χ0v) is 11.7. The molecule has 1 aromatic carbocycles. The van der Waals surface area contributed by atoms with Crippen LogP contribution >= 0.6 is 0 Å². The third-order valence-electron chi connectivity index (χ3n) is 4.37. The van der Waals surface area contributed by atoms with Crippen molar-refractivity contribution in [1.29, 1.82) is 0 Å². The van der Waals surface area contributed by atoms with Gasteiger partial charge in [-0.2, -0.15) is 13.2 Å². The van der Waals surface area contributed by atoms with Gasteiger partial charge in [0.25, 0.3) is 0 Å². The van der Waals surface area contributed by atoms with Gasteiger partial charge in [-0.25, -0.2) is 0 Å².